The number of primary amides is 1. The molecule has 2 rings (SSSR count). The third kappa shape index (κ3) is 6.84. The van der Waals surface area contributed by atoms with Gasteiger partial charge in [-0.3, -0.25) is 9.36 Å². The molecule has 0 bridgehead atoms. The predicted molar refractivity (Wildman–Crippen MR) is 87.7 cm³/mol. The maximum Gasteiger partial charge on any atom is 0.422 e. The molecule has 0 spiro atoms. The largest absolute Gasteiger partial charge is 0.461 e. The van der Waals surface area contributed by atoms with Gasteiger partial charge in [0, 0.05) is 25.3 Å². The van der Waals surface area contributed by atoms with E-state index in [0.29, 0.717) is 16.7 Å². The lowest BCUT2D eigenvalue weighted by molar-refractivity contribution is -0.160. The van der Waals surface area contributed by atoms with Crippen molar-refractivity contribution in [2.75, 3.05) is 18.9 Å². The highest BCUT2D eigenvalue weighted by Gasteiger charge is 2.29. The van der Waals surface area contributed by atoms with E-state index in [1.165, 1.54) is 18.0 Å². The van der Waals surface area contributed by atoms with Crippen molar-refractivity contribution in [1.29, 1.82) is 0 Å². The van der Waals surface area contributed by atoms with Gasteiger partial charge >= 0.3 is 12.3 Å². The minimum atomic E-state index is -4.58. The van der Waals surface area contributed by atoms with Gasteiger partial charge in [0.15, 0.2) is 23.3 Å². The zero-order chi connectivity index (χ0) is 19.9. The first-order valence-corrected chi connectivity index (χ1v) is 8.60. The van der Waals surface area contributed by atoms with E-state index in [1.807, 2.05) is 0 Å². The number of carbonyl (C=O) groups excluding carboxylic acids is 2. The van der Waals surface area contributed by atoms with Crippen LogP contribution < -0.4 is 11.1 Å². The van der Waals surface area contributed by atoms with E-state index < -0.39 is 24.8 Å². The SMILES string of the molecule is NC(=O)CCn1c(SCCNC(=O)OCC(F)(F)F)nnc1-c1ccco1. The number of thioether (sulfide) groups is 1. The molecule has 0 saturated carbocycles. The molecular formula is C14H16F3N5O4S. The number of aromatic nitrogens is 3. The van der Waals surface area contributed by atoms with Gasteiger partial charge in [0.2, 0.25) is 5.91 Å². The van der Waals surface area contributed by atoms with Crippen LogP contribution in [0.4, 0.5) is 18.0 Å². The fraction of sp³-hybridized carbons (Fsp3) is 0.429. The van der Waals surface area contributed by atoms with Crippen molar-refractivity contribution in [2.45, 2.75) is 24.3 Å². The second-order valence-electron chi connectivity index (χ2n) is 5.12. The first-order chi connectivity index (χ1) is 12.8. The molecule has 0 atom stereocenters. The van der Waals surface area contributed by atoms with Crippen LogP contribution in [0, 0.1) is 0 Å². The molecule has 0 saturated heterocycles. The average molecular weight is 407 g/mol. The molecule has 0 unspecified atom stereocenters. The topological polar surface area (TPSA) is 125 Å². The summed E-state index contributed by atoms with van der Waals surface area (Å²) in [5.74, 6) is 0.640. The molecule has 148 valence electrons. The molecule has 0 aliphatic rings. The summed E-state index contributed by atoms with van der Waals surface area (Å²) in [5, 5.41) is 10.7. The number of amides is 2. The number of nitrogens with zero attached hydrogens (tertiary/aromatic N) is 3. The summed E-state index contributed by atoms with van der Waals surface area (Å²) < 4.78 is 46.8. The zero-order valence-corrected chi connectivity index (χ0v) is 14.7. The maximum absolute atomic E-state index is 12.0. The van der Waals surface area contributed by atoms with E-state index in [2.05, 4.69) is 20.3 Å². The van der Waals surface area contributed by atoms with Crippen LogP contribution in [0.25, 0.3) is 11.6 Å². The molecule has 0 fully saturated rings. The van der Waals surface area contributed by atoms with E-state index in [0.717, 1.165) is 0 Å². The Kier molecular flexibility index (Phi) is 7.10. The van der Waals surface area contributed by atoms with Crippen LogP contribution in [0.1, 0.15) is 6.42 Å². The number of hydrogen-bond donors (Lipinski definition) is 2. The molecule has 0 aliphatic heterocycles. The normalized spacial score (nSPS) is 11.4. The third-order valence-electron chi connectivity index (χ3n) is 3.01. The molecule has 0 aliphatic carbocycles. The van der Waals surface area contributed by atoms with Crippen molar-refractivity contribution in [3.05, 3.63) is 18.4 Å². The highest BCUT2D eigenvalue weighted by molar-refractivity contribution is 7.99. The third-order valence-corrected chi connectivity index (χ3v) is 3.98. The van der Waals surface area contributed by atoms with Crippen LogP contribution in [0.2, 0.25) is 0 Å². The van der Waals surface area contributed by atoms with Gasteiger partial charge in [0.05, 0.1) is 6.26 Å². The number of furan rings is 1. The summed E-state index contributed by atoms with van der Waals surface area (Å²) in [4.78, 5) is 22.2. The Morgan fingerprint density at radius 3 is 2.78 bits per heavy atom. The average Bonchev–Trinajstić information content (AvgIpc) is 3.23. The minimum Gasteiger partial charge on any atom is -0.461 e. The van der Waals surface area contributed by atoms with E-state index >= 15 is 0 Å². The first-order valence-electron chi connectivity index (χ1n) is 7.62. The van der Waals surface area contributed by atoms with E-state index in [1.54, 1.807) is 16.7 Å². The van der Waals surface area contributed by atoms with Gasteiger partial charge in [0.25, 0.3) is 0 Å². The Balaban J connectivity index is 1.90. The Morgan fingerprint density at radius 1 is 1.37 bits per heavy atom. The van der Waals surface area contributed by atoms with E-state index in [-0.39, 0.29) is 25.3 Å². The number of rotatable bonds is 9. The Bertz CT molecular complexity index is 763. The second-order valence-corrected chi connectivity index (χ2v) is 6.18. The quantitative estimate of drug-likeness (QED) is 0.479. The van der Waals surface area contributed by atoms with Gasteiger partial charge in [-0.05, 0) is 12.1 Å². The molecule has 3 N–H and O–H groups in total. The summed E-state index contributed by atoms with van der Waals surface area (Å²) in [7, 11) is 0. The fourth-order valence-corrected chi connectivity index (χ4v) is 2.72. The molecule has 2 heterocycles. The van der Waals surface area contributed by atoms with Gasteiger partial charge in [0.1, 0.15) is 0 Å². The lowest BCUT2D eigenvalue weighted by atomic mass is 10.3. The lowest BCUT2D eigenvalue weighted by Crippen LogP contribution is -2.30. The van der Waals surface area contributed by atoms with Gasteiger partial charge in [-0.1, -0.05) is 11.8 Å². The van der Waals surface area contributed by atoms with Crippen LogP contribution in [0.15, 0.2) is 28.0 Å². The summed E-state index contributed by atoms with van der Waals surface area (Å²) in [6, 6.07) is 3.35. The molecule has 27 heavy (non-hydrogen) atoms. The summed E-state index contributed by atoms with van der Waals surface area (Å²) in [5.41, 5.74) is 5.18. The molecule has 0 aromatic carbocycles. The van der Waals surface area contributed by atoms with Crippen LogP contribution in [-0.4, -0.2) is 51.8 Å². The van der Waals surface area contributed by atoms with Gasteiger partial charge in [-0.2, -0.15) is 13.2 Å². The molecular weight excluding hydrogens is 391 g/mol. The van der Waals surface area contributed by atoms with Crippen LogP contribution in [-0.2, 0) is 16.1 Å². The number of alkyl carbamates (subject to hydrolysis) is 1. The highest BCUT2D eigenvalue weighted by atomic mass is 32.2. The molecule has 2 aromatic heterocycles. The predicted octanol–water partition coefficient (Wildman–Crippen LogP) is 1.79. The molecule has 0 radical (unpaired) electrons. The van der Waals surface area contributed by atoms with Crippen LogP contribution >= 0.6 is 11.8 Å². The number of ether oxygens (including phenoxy) is 1. The number of hydrogen-bond acceptors (Lipinski definition) is 7. The van der Waals surface area contributed by atoms with Crippen molar-refractivity contribution in [3.63, 3.8) is 0 Å². The number of nitrogens with one attached hydrogen (secondary N) is 1. The molecule has 9 nitrogen and oxygen atoms in total. The van der Waals surface area contributed by atoms with E-state index in [4.69, 9.17) is 10.2 Å². The van der Waals surface area contributed by atoms with Crippen molar-refractivity contribution in [3.8, 4) is 11.6 Å². The first kappa shape index (κ1) is 20.6. The molecule has 2 aromatic rings. The fourth-order valence-electron chi connectivity index (χ4n) is 1.90. The summed E-state index contributed by atoms with van der Waals surface area (Å²) in [6.07, 6.45) is -4.22. The van der Waals surface area contributed by atoms with Gasteiger partial charge < -0.3 is 20.2 Å². The van der Waals surface area contributed by atoms with Gasteiger partial charge in [-0.15, -0.1) is 10.2 Å². The maximum atomic E-state index is 12.0. The number of halogens is 3. The van der Waals surface area contributed by atoms with Crippen molar-refractivity contribution in [1.82, 2.24) is 20.1 Å². The van der Waals surface area contributed by atoms with Crippen molar-refractivity contribution < 1.29 is 31.9 Å². The van der Waals surface area contributed by atoms with Crippen molar-refractivity contribution >= 4 is 23.8 Å². The van der Waals surface area contributed by atoms with Crippen LogP contribution in [0.5, 0.6) is 0 Å². The number of carbonyl (C=O) groups is 2. The Morgan fingerprint density at radius 2 is 2.15 bits per heavy atom. The van der Waals surface area contributed by atoms with Crippen molar-refractivity contribution in [2.24, 2.45) is 5.73 Å². The molecule has 2 amide bonds. The minimum absolute atomic E-state index is 0.0418. The zero-order valence-electron chi connectivity index (χ0n) is 13.9. The Labute approximate surface area is 155 Å². The summed E-state index contributed by atoms with van der Waals surface area (Å²) in [6.45, 7) is -1.39. The standard InChI is InChI=1S/C14H16F3N5O4S/c15-14(16,17)8-26-13(24)19-4-7-27-12-21-20-11(9-2-1-6-25-9)22(12)5-3-10(18)23/h1-2,6H,3-5,7-8H2,(H2,18,23)(H,19,24). The van der Waals surface area contributed by atoms with E-state index in [9.17, 15) is 22.8 Å². The number of alkyl halides is 3. The monoisotopic (exact) mass is 407 g/mol. The number of nitrogens with two attached hydrogens (primary N) is 1. The van der Waals surface area contributed by atoms with Crippen LogP contribution in [0.3, 0.4) is 0 Å². The van der Waals surface area contributed by atoms with Gasteiger partial charge in [-0.25, -0.2) is 4.79 Å². The molecule has 13 heteroatoms. The highest BCUT2D eigenvalue weighted by Crippen LogP contribution is 2.24. The summed E-state index contributed by atoms with van der Waals surface area (Å²) >= 11 is 1.19. The lowest BCUT2D eigenvalue weighted by Gasteiger charge is -2.09. The second kappa shape index (κ2) is 9.30. The Hall–Kier alpha value is -2.70. The smallest absolute Gasteiger partial charge is 0.422 e.